The lowest BCUT2D eigenvalue weighted by atomic mass is 10.2. The van der Waals surface area contributed by atoms with Crippen LogP contribution in [-0.2, 0) is 6.54 Å². The third-order valence-electron chi connectivity index (χ3n) is 4.59. The molecule has 5 nitrogen and oxygen atoms in total. The highest BCUT2D eigenvalue weighted by molar-refractivity contribution is 9.10. The molecule has 0 atom stereocenters. The second kappa shape index (κ2) is 8.23. The molecule has 4 rings (SSSR count). The number of nitrogens with zero attached hydrogens (tertiary/aromatic N) is 4. The first-order chi connectivity index (χ1) is 14.3. The molecule has 0 aliphatic heterocycles. The molecule has 154 valence electrons. The summed E-state index contributed by atoms with van der Waals surface area (Å²) in [5.41, 5.74) is 2.37. The Hall–Kier alpha value is -2.65. The molecule has 2 aromatic carbocycles. The van der Waals surface area contributed by atoms with Gasteiger partial charge in [-0.2, -0.15) is 5.10 Å². The third-order valence-corrected chi connectivity index (χ3v) is 6.11. The summed E-state index contributed by atoms with van der Waals surface area (Å²) in [6.45, 7) is 4.55. The van der Waals surface area contributed by atoms with E-state index in [0.29, 0.717) is 21.9 Å². The van der Waals surface area contributed by atoms with Crippen molar-refractivity contribution in [3.8, 4) is 0 Å². The molecule has 0 aliphatic rings. The van der Waals surface area contributed by atoms with Crippen molar-refractivity contribution in [2.45, 2.75) is 20.4 Å². The van der Waals surface area contributed by atoms with Crippen LogP contribution in [-0.4, -0.2) is 27.2 Å². The lowest BCUT2D eigenvalue weighted by molar-refractivity contribution is 0.0985. The van der Waals surface area contributed by atoms with E-state index in [4.69, 9.17) is 0 Å². The highest BCUT2D eigenvalue weighted by atomic mass is 79.9. The lowest BCUT2D eigenvalue weighted by Gasteiger charge is -2.20. The normalized spacial score (nSPS) is 11.2. The number of hydrogen-bond acceptors (Lipinski definition) is 4. The van der Waals surface area contributed by atoms with Gasteiger partial charge in [-0.1, -0.05) is 33.3 Å². The molecule has 4 aromatic rings. The van der Waals surface area contributed by atoms with Crippen molar-refractivity contribution in [3.05, 3.63) is 75.5 Å². The zero-order valence-corrected chi connectivity index (χ0v) is 18.6. The Morgan fingerprint density at radius 2 is 2.00 bits per heavy atom. The Bertz CT molecular complexity index is 1250. The van der Waals surface area contributed by atoms with Crippen molar-refractivity contribution in [3.63, 3.8) is 0 Å². The molecule has 9 heteroatoms. The summed E-state index contributed by atoms with van der Waals surface area (Å²) in [6, 6.07) is 11.0. The van der Waals surface area contributed by atoms with Crippen molar-refractivity contribution in [1.29, 1.82) is 0 Å². The van der Waals surface area contributed by atoms with E-state index in [1.807, 2.05) is 30.7 Å². The Kier molecular flexibility index (Phi) is 5.66. The first-order valence-corrected chi connectivity index (χ1v) is 10.8. The summed E-state index contributed by atoms with van der Waals surface area (Å²) >= 11 is 4.46. The van der Waals surface area contributed by atoms with Gasteiger partial charge < -0.3 is 0 Å². The van der Waals surface area contributed by atoms with Gasteiger partial charge in [-0.3, -0.25) is 14.4 Å². The first kappa shape index (κ1) is 20.6. The number of aryl methyl sites for hydroxylation is 2. The van der Waals surface area contributed by atoms with E-state index >= 15 is 0 Å². The van der Waals surface area contributed by atoms with Gasteiger partial charge in [0.2, 0.25) is 0 Å². The predicted octanol–water partition coefficient (Wildman–Crippen LogP) is 5.50. The molecule has 2 heterocycles. The zero-order valence-electron chi connectivity index (χ0n) is 16.2. The smallest absolute Gasteiger partial charge is 0.260 e. The first-order valence-electron chi connectivity index (χ1n) is 9.16. The topological polar surface area (TPSA) is 51.0 Å². The number of anilines is 1. The fraction of sp³-hybridized carbons (Fsp3) is 0.190. The fourth-order valence-electron chi connectivity index (χ4n) is 3.22. The van der Waals surface area contributed by atoms with E-state index in [2.05, 4.69) is 26.0 Å². The fourth-order valence-corrected chi connectivity index (χ4v) is 4.65. The van der Waals surface area contributed by atoms with Gasteiger partial charge in [0.25, 0.3) is 5.91 Å². The van der Waals surface area contributed by atoms with Crippen LogP contribution in [0.15, 0.2) is 46.9 Å². The van der Waals surface area contributed by atoms with Gasteiger partial charge in [0.1, 0.15) is 11.3 Å². The quantitative estimate of drug-likeness (QED) is 0.371. The number of halogens is 3. The molecular weight excluding hydrogens is 474 g/mol. The van der Waals surface area contributed by atoms with Gasteiger partial charge in [0.15, 0.2) is 10.9 Å². The molecule has 0 unspecified atom stereocenters. The number of amides is 1. The number of thiazole rings is 1. The standard InChI is InChI=1S/C21H17BrF2N4OS/c1-12-8-13(2)28(26-12)7-6-27(20(29)14-4-3-5-15(22)9-14)21-25-19-17(24)10-16(23)11-18(19)30-21/h3-5,8-11H,6-7H2,1-2H3. The van der Waals surface area contributed by atoms with Gasteiger partial charge in [0, 0.05) is 28.3 Å². The summed E-state index contributed by atoms with van der Waals surface area (Å²) in [7, 11) is 0. The summed E-state index contributed by atoms with van der Waals surface area (Å²) in [5.74, 6) is -1.71. The Balaban J connectivity index is 1.73. The number of fused-ring (bicyclic) bond motifs is 1. The van der Waals surface area contributed by atoms with E-state index in [1.165, 1.54) is 11.0 Å². The third kappa shape index (κ3) is 4.13. The van der Waals surface area contributed by atoms with Crippen LogP contribution in [0, 0.1) is 25.5 Å². The second-order valence-corrected chi connectivity index (χ2v) is 8.77. The van der Waals surface area contributed by atoms with Crippen LogP contribution in [0.25, 0.3) is 10.2 Å². The van der Waals surface area contributed by atoms with Crippen LogP contribution >= 0.6 is 27.3 Å². The van der Waals surface area contributed by atoms with E-state index in [-0.39, 0.29) is 18.0 Å². The van der Waals surface area contributed by atoms with Crippen LogP contribution in [0.5, 0.6) is 0 Å². The van der Waals surface area contributed by atoms with E-state index < -0.39 is 11.6 Å². The maximum atomic E-state index is 14.2. The summed E-state index contributed by atoms with van der Waals surface area (Å²) in [5, 5.41) is 4.74. The largest absolute Gasteiger partial charge is 0.282 e. The Morgan fingerprint density at radius 1 is 1.20 bits per heavy atom. The van der Waals surface area contributed by atoms with Crippen LogP contribution in [0.1, 0.15) is 21.7 Å². The molecular formula is C21H17BrF2N4OS. The molecule has 0 bridgehead atoms. The average Bonchev–Trinajstić information content (AvgIpc) is 3.24. The maximum Gasteiger partial charge on any atom is 0.260 e. The number of aromatic nitrogens is 3. The lowest BCUT2D eigenvalue weighted by Crippen LogP contribution is -2.34. The maximum absolute atomic E-state index is 14.2. The van der Waals surface area contributed by atoms with Gasteiger partial charge in [-0.25, -0.2) is 13.8 Å². The average molecular weight is 491 g/mol. The molecule has 0 radical (unpaired) electrons. The van der Waals surface area contributed by atoms with Crippen molar-refractivity contribution in [1.82, 2.24) is 14.8 Å². The second-order valence-electron chi connectivity index (χ2n) is 6.85. The SMILES string of the molecule is Cc1cc(C)n(CCN(C(=O)c2cccc(Br)c2)c2nc3c(F)cc(F)cc3s2)n1. The van der Waals surface area contributed by atoms with Gasteiger partial charge in [-0.15, -0.1) is 0 Å². The number of carbonyl (C=O) groups is 1. The minimum absolute atomic E-state index is 0.0505. The number of benzene rings is 2. The number of carbonyl (C=O) groups excluding carboxylic acids is 1. The van der Waals surface area contributed by atoms with Crippen LogP contribution in [0.3, 0.4) is 0 Å². The van der Waals surface area contributed by atoms with E-state index in [0.717, 1.165) is 33.3 Å². The van der Waals surface area contributed by atoms with Crippen molar-refractivity contribution < 1.29 is 13.6 Å². The summed E-state index contributed by atoms with van der Waals surface area (Å²) in [6.07, 6.45) is 0. The molecule has 2 aromatic heterocycles. The highest BCUT2D eigenvalue weighted by Gasteiger charge is 2.23. The molecule has 0 spiro atoms. The summed E-state index contributed by atoms with van der Waals surface area (Å²) in [4.78, 5) is 19.1. The number of rotatable bonds is 5. The van der Waals surface area contributed by atoms with Gasteiger partial charge in [0.05, 0.1) is 16.9 Å². The van der Waals surface area contributed by atoms with E-state index in [9.17, 15) is 13.6 Å². The van der Waals surface area contributed by atoms with Crippen LogP contribution < -0.4 is 4.90 Å². The van der Waals surface area contributed by atoms with Crippen molar-refractivity contribution in [2.75, 3.05) is 11.4 Å². The van der Waals surface area contributed by atoms with Gasteiger partial charge >= 0.3 is 0 Å². The van der Waals surface area contributed by atoms with Crippen LogP contribution in [0.2, 0.25) is 0 Å². The molecule has 0 aliphatic carbocycles. The van der Waals surface area contributed by atoms with Crippen LogP contribution in [0.4, 0.5) is 13.9 Å². The summed E-state index contributed by atoms with van der Waals surface area (Å²) < 4.78 is 30.7. The number of hydrogen-bond donors (Lipinski definition) is 0. The molecule has 0 saturated heterocycles. The minimum Gasteiger partial charge on any atom is -0.282 e. The monoisotopic (exact) mass is 490 g/mol. The molecule has 0 N–H and O–H groups in total. The van der Waals surface area contributed by atoms with Crippen molar-refractivity contribution >= 4 is 48.5 Å². The Morgan fingerprint density at radius 3 is 2.70 bits per heavy atom. The molecule has 30 heavy (non-hydrogen) atoms. The predicted molar refractivity (Wildman–Crippen MR) is 117 cm³/mol. The Labute approximate surface area is 184 Å². The van der Waals surface area contributed by atoms with E-state index in [1.54, 1.807) is 18.2 Å². The molecule has 0 saturated carbocycles. The molecule has 0 fully saturated rings. The molecule has 1 amide bonds. The van der Waals surface area contributed by atoms with Crippen molar-refractivity contribution in [2.24, 2.45) is 0 Å². The zero-order chi connectivity index (χ0) is 21.4. The highest BCUT2D eigenvalue weighted by Crippen LogP contribution is 2.32. The minimum atomic E-state index is -0.749. The van der Waals surface area contributed by atoms with Gasteiger partial charge in [-0.05, 0) is 44.2 Å².